The summed E-state index contributed by atoms with van der Waals surface area (Å²) < 4.78 is 0. The molecule has 1 unspecified atom stereocenters. The Morgan fingerprint density at radius 3 is 2.15 bits per heavy atom. The van der Waals surface area contributed by atoms with Gasteiger partial charge in [-0.3, -0.25) is 14.5 Å². The Balaban J connectivity index is 1.35. The zero-order valence-electron chi connectivity index (χ0n) is 19.3. The summed E-state index contributed by atoms with van der Waals surface area (Å²) >= 11 is 1.60. The largest absolute Gasteiger partial charge is 0.351 e. The summed E-state index contributed by atoms with van der Waals surface area (Å²) in [5, 5.41) is 2.72. The highest BCUT2D eigenvalue weighted by Gasteiger charge is 2.28. The third kappa shape index (κ3) is 6.95. The number of benzene rings is 3. The first kappa shape index (κ1) is 24.0. The van der Waals surface area contributed by atoms with Crippen molar-refractivity contribution in [2.45, 2.75) is 23.1 Å². The lowest BCUT2D eigenvalue weighted by atomic mass is 10.1. The third-order valence-electron chi connectivity index (χ3n) is 5.92. The molecular formula is C28H31N3O2S. The highest BCUT2D eigenvalue weighted by molar-refractivity contribution is 8.00. The van der Waals surface area contributed by atoms with E-state index in [0.29, 0.717) is 32.7 Å². The van der Waals surface area contributed by atoms with E-state index < -0.39 is 0 Å². The van der Waals surface area contributed by atoms with Gasteiger partial charge in [0.05, 0.1) is 6.54 Å². The maximum absolute atomic E-state index is 13.7. The van der Waals surface area contributed by atoms with Crippen molar-refractivity contribution in [3.63, 3.8) is 0 Å². The van der Waals surface area contributed by atoms with Crippen LogP contribution in [0.15, 0.2) is 95.9 Å². The Hall–Kier alpha value is -3.09. The molecule has 1 aliphatic heterocycles. The molecule has 176 valence electrons. The monoisotopic (exact) mass is 473 g/mol. The maximum atomic E-state index is 13.7. The van der Waals surface area contributed by atoms with Gasteiger partial charge in [0, 0.05) is 37.6 Å². The zero-order valence-corrected chi connectivity index (χ0v) is 20.1. The summed E-state index contributed by atoms with van der Waals surface area (Å²) in [6.07, 6.45) is 0.856. The van der Waals surface area contributed by atoms with Gasteiger partial charge in [0.15, 0.2) is 0 Å². The van der Waals surface area contributed by atoms with Crippen LogP contribution in [0, 0.1) is 0 Å². The molecule has 5 nitrogen and oxygen atoms in total. The Morgan fingerprint density at radius 1 is 0.794 bits per heavy atom. The smallest absolute Gasteiger partial charge is 0.240 e. The third-order valence-corrected chi connectivity index (χ3v) is 7.18. The quantitative estimate of drug-likeness (QED) is 0.494. The molecule has 0 aromatic heterocycles. The minimum Gasteiger partial charge on any atom is -0.351 e. The Labute approximate surface area is 206 Å². The molecule has 3 aromatic carbocycles. The molecule has 0 spiro atoms. The Bertz CT molecular complexity index is 1050. The van der Waals surface area contributed by atoms with Crippen LogP contribution in [-0.4, -0.2) is 54.3 Å². The maximum Gasteiger partial charge on any atom is 0.240 e. The Kier molecular flexibility index (Phi) is 8.77. The summed E-state index contributed by atoms with van der Waals surface area (Å²) in [5.41, 5.74) is 2.11. The SMILES string of the molecule is O=C(CN1CCCN(C(=O)C(Sc2ccccc2)c2ccccc2)CC1)NCc1ccccc1. The zero-order chi connectivity index (χ0) is 23.6. The van der Waals surface area contributed by atoms with Crippen molar-refractivity contribution in [3.05, 3.63) is 102 Å². The molecule has 1 heterocycles. The van der Waals surface area contributed by atoms with Crippen molar-refractivity contribution in [1.29, 1.82) is 0 Å². The van der Waals surface area contributed by atoms with Crippen LogP contribution in [0.1, 0.15) is 22.8 Å². The van der Waals surface area contributed by atoms with Gasteiger partial charge in [-0.2, -0.15) is 0 Å². The average molecular weight is 474 g/mol. The lowest BCUT2D eigenvalue weighted by Crippen LogP contribution is -2.40. The van der Waals surface area contributed by atoms with Crippen LogP contribution in [0.2, 0.25) is 0 Å². The van der Waals surface area contributed by atoms with Crippen LogP contribution in [0.25, 0.3) is 0 Å². The molecule has 0 saturated carbocycles. The molecule has 1 N–H and O–H groups in total. The molecular weight excluding hydrogens is 442 g/mol. The van der Waals surface area contributed by atoms with E-state index in [0.717, 1.165) is 29.0 Å². The average Bonchev–Trinajstić information content (AvgIpc) is 3.13. The van der Waals surface area contributed by atoms with Crippen molar-refractivity contribution in [2.24, 2.45) is 0 Å². The van der Waals surface area contributed by atoms with Crippen LogP contribution in [0.3, 0.4) is 0 Å². The van der Waals surface area contributed by atoms with E-state index in [2.05, 4.69) is 10.2 Å². The number of carbonyl (C=O) groups excluding carboxylic acids is 2. The summed E-state index contributed by atoms with van der Waals surface area (Å²) in [7, 11) is 0. The van der Waals surface area contributed by atoms with Crippen molar-refractivity contribution in [3.8, 4) is 0 Å². The van der Waals surface area contributed by atoms with Gasteiger partial charge in [-0.15, -0.1) is 11.8 Å². The summed E-state index contributed by atoms with van der Waals surface area (Å²) in [4.78, 5) is 31.3. The highest BCUT2D eigenvalue weighted by Crippen LogP contribution is 2.36. The lowest BCUT2D eigenvalue weighted by molar-refractivity contribution is -0.130. The fraction of sp³-hybridized carbons (Fsp3) is 0.286. The molecule has 4 rings (SSSR count). The first-order valence-corrected chi connectivity index (χ1v) is 12.7. The number of rotatable bonds is 8. The number of hydrogen-bond donors (Lipinski definition) is 1. The van der Waals surface area contributed by atoms with Gasteiger partial charge in [-0.1, -0.05) is 78.9 Å². The first-order valence-electron chi connectivity index (χ1n) is 11.8. The van der Waals surface area contributed by atoms with Crippen molar-refractivity contribution in [2.75, 3.05) is 32.7 Å². The fourth-order valence-electron chi connectivity index (χ4n) is 4.09. The molecule has 6 heteroatoms. The van der Waals surface area contributed by atoms with E-state index in [1.54, 1.807) is 11.8 Å². The summed E-state index contributed by atoms with van der Waals surface area (Å²) in [6.45, 7) is 3.73. The number of hydrogen-bond acceptors (Lipinski definition) is 4. The van der Waals surface area contributed by atoms with E-state index >= 15 is 0 Å². The molecule has 0 radical (unpaired) electrons. The molecule has 2 amide bonds. The van der Waals surface area contributed by atoms with Crippen LogP contribution in [0.4, 0.5) is 0 Å². The summed E-state index contributed by atoms with van der Waals surface area (Å²) in [5.74, 6) is 0.154. The van der Waals surface area contributed by atoms with E-state index in [1.807, 2.05) is 95.9 Å². The number of carbonyl (C=O) groups is 2. The van der Waals surface area contributed by atoms with Crippen molar-refractivity contribution in [1.82, 2.24) is 15.1 Å². The van der Waals surface area contributed by atoms with Gasteiger partial charge in [0.1, 0.15) is 5.25 Å². The normalized spacial score (nSPS) is 15.4. The van der Waals surface area contributed by atoms with E-state index in [1.165, 1.54) is 0 Å². The fourth-order valence-corrected chi connectivity index (χ4v) is 5.22. The molecule has 1 aliphatic rings. The van der Waals surface area contributed by atoms with Gasteiger partial charge < -0.3 is 10.2 Å². The van der Waals surface area contributed by atoms with Gasteiger partial charge in [0.25, 0.3) is 0 Å². The van der Waals surface area contributed by atoms with E-state index in [-0.39, 0.29) is 17.1 Å². The van der Waals surface area contributed by atoms with Gasteiger partial charge >= 0.3 is 0 Å². The second-order valence-electron chi connectivity index (χ2n) is 8.44. The predicted molar refractivity (Wildman–Crippen MR) is 137 cm³/mol. The number of nitrogens with one attached hydrogen (secondary N) is 1. The van der Waals surface area contributed by atoms with Crippen LogP contribution < -0.4 is 5.32 Å². The van der Waals surface area contributed by atoms with E-state index in [4.69, 9.17) is 0 Å². The molecule has 34 heavy (non-hydrogen) atoms. The van der Waals surface area contributed by atoms with Gasteiger partial charge in [0.2, 0.25) is 11.8 Å². The Morgan fingerprint density at radius 2 is 1.44 bits per heavy atom. The number of thioether (sulfide) groups is 1. The van der Waals surface area contributed by atoms with Crippen molar-refractivity contribution < 1.29 is 9.59 Å². The van der Waals surface area contributed by atoms with E-state index in [9.17, 15) is 9.59 Å². The molecule has 0 aliphatic carbocycles. The summed E-state index contributed by atoms with van der Waals surface area (Å²) in [6, 6.07) is 30.0. The molecule has 1 fully saturated rings. The lowest BCUT2D eigenvalue weighted by Gasteiger charge is -2.26. The predicted octanol–water partition coefficient (Wildman–Crippen LogP) is 4.37. The van der Waals surface area contributed by atoms with Crippen LogP contribution >= 0.6 is 11.8 Å². The molecule has 1 saturated heterocycles. The minimum atomic E-state index is -0.288. The van der Waals surface area contributed by atoms with Gasteiger partial charge in [-0.25, -0.2) is 0 Å². The van der Waals surface area contributed by atoms with Crippen LogP contribution in [0.5, 0.6) is 0 Å². The van der Waals surface area contributed by atoms with Gasteiger partial charge in [-0.05, 0) is 29.7 Å². The van der Waals surface area contributed by atoms with Crippen molar-refractivity contribution >= 4 is 23.6 Å². The second kappa shape index (κ2) is 12.4. The number of nitrogens with zero attached hydrogens (tertiary/aromatic N) is 2. The first-order chi connectivity index (χ1) is 16.7. The topological polar surface area (TPSA) is 52.7 Å². The minimum absolute atomic E-state index is 0.0189. The standard InChI is InChI=1S/C28H31N3O2S/c32-26(29-21-23-11-4-1-5-12-23)22-30-17-10-18-31(20-19-30)28(33)27(24-13-6-2-7-14-24)34-25-15-8-3-9-16-25/h1-9,11-16,27H,10,17-22H2,(H,29,32). The molecule has 1 atom stereocenters. The number of amides is 2. The highest BCUT2D eigenvalue weighted by atomic mass is 32.2. The van der Waals surface area contributed by atoms with Crippen LogP contribution in [-0.2, 0) is 16.1 Å². The second-order valence-corrected chi connectivity index (χ2v) is 9.62. The molecule has 3 aromatic rings. The molecule has 0 bridgehead atoms.